The largest absolute Gasteiger partial charge is 0.380 e. The highest BCUT2D eigenvalue weighted by Crippen LogP contribution is 2.44. The Balaban J connectivity index is 1.72. The quantitative estimate of drug-likeness (QED) is 0.658. The first kappa shape index (κ1) is 16.9. The Morgan fingerprint density at radius 1 is 1.21 bits per heavy atom. The number of anilines is 2. The molecule has 2 heterocycles. The lowest BCUT2D eigenvalue weighted by molar-refractivity contribution is 0.767. The zero-order valence-electron chi connectivity index (χ0n) is 16.2. The molecule has 0 spiro atoms. The van der Waals surface area contributed by atoms with E-state index in [0.717, 1.165) is 34.6 Å². The summed E-state index contributed by atoms with van der Waals surface area (Å²) in [7, 11) is 2.01. The van der Waals surface area contributed by atoms with Crippen molar-refractivity contribution in [3.8, 4) is 17.2 Å². The second-order valence-electron chi connectivity index (χ2n) is 8.02. The summed E-state index contributed by atoms with van der Waals surface area (Å²) in [5, 5.41) is 22.6. The van der Waals surface area contributed by atoms with Gasteiger partial charge in [0.15, 0.2) is 0 Å². The molecule has 5 nitrogen and oxygen atoms in total. The Kier molecular flexibility index (Phi) is 3.70. The van der Waals surface area contributed by atoms with Crippen molar-refractivity contribution >= 4 is 22.3 Å². The molecular weight excluding hydrogens is 346 g/mol. The average Bonchev–Trinajstić information content (AvgIpc) is 3.48. The molecule has 1 aliphatic carbocycles. The Hall–Kier alpha value is -3.26. The minimum atomic E-state index is 0.234. The fourth-order valence-electron chi connectivity index (χ4n) is 4.23. The molecule has 2 aliphatic rings. The third-order valence-corrected chi connectivity index (χ3v) is 5.72. The Bertz CT molecular complexity index is 1160. The van der Waals surface area contributed by atoms with Crippen molar-refractivity contribution in [3.63, 3.8) is 0 Å². The van der Waals surface area contributed by atoms with Crippen LogP contribution in [-0.2, 0) is 7.05 Å². The number of aryl methyl sites for hydroxylation is 1. The number of nitriles is 1. The van der Waals surface area contributed by atoms with E-state index in [4.69, 9.17) is 5.10 Å². The summed E-state index contributed by atoms with van der Waals surface area (Å²) in [5.74, 6) is 0.597. The molecule has 140 valence electrons. The second kappa shape index (κ2) is 6.13. The highest BCUT2D eigenvalue weighted by atomic mass is 15.3. The number of hydrogen-bond acceptors (Lipinski definition) is 4. The molecule has 0 saturated heterocycles. The fourth-order valence-corrected chi connectivity index (χ4v) is 4.23. The first-order valence-corrected chi connectivity index (χ1v) is 9.80. The molecular formula is C23H23N5. The van der Waals surface area contributed by atoms with Gasteiger partial charge in [0.2, 0.25) is 0 Å². The highest BCUT2D eigenvalue weighted by Gasteiger charge is 2.29. The normalized spacial score (nSPS) is 18.8. The Morgan fingerprint density at radius 3 is 2.79 bits per heavy atom. The second-order valence-corrected chi connectivity index (χ2v) is 8.02. The van der Waals surface area contributed by atoms with E-state index in [1.54, 1.807) is 0 Å². The predicted molar refractivity (Wildman–Crippen MR) is 113 cm³/mol. The van der Waals surface area contributed by atoms with Crippen molar-refractivity contribution in [1.29, 1.82) is 5.26 Å². The van der Waals surface area contributed by atoms with Crippen molar-refractivity contribution in [2.75, 3.05) is 10.6 Å². The molecule has 0 unspecified atom stereocenters. The van der Waals surface area contributed by atoms with Crippen LogP contribution in [0, 0.1) is 11.3 Å². The average molecular weight is 369 g/mol. The molecule has 1 saturated carbocycles. The molecule has 28 heavy (non-hydrogen) atoms. The lowest BCUT2D eigenvalue weighted by Crippen LogP contribution is -2.14. The maximum Gasteiger partial charge on any atom is 0.101 e. The van der Waals surface area contributed by atoms with E-state index >= 15 is 0 Å². The van der Waals surface area contributed by atoms with Crippen molar-refractivity contribution < 1.29 is 0 Å². The van der Waals surface area contributed by atoms with E-state index in [2.05, 4.69) is 48.4 Å². The maximum atomic E-state index is 9.59. The molecule has 5 heteroatoms. The van der Waals surface area contributed by atoms with Gasteiger partial charge in [-0.05, 0) is 43.5 Å². The van der Waals surface area contributed by atoms with Crippen molar-refractivity contribution in [2.24, 2.45) is 7.05 Å². The van der Waals surface area contributed by atoms with Crippen molar-refractivity contribution in [2.45, 2.75) is 38.1 Å². The smallest absolute Gasteiger partial charge is 0.101 e. The van der Waals surface area contributed by atoms with Crippen LogP contribution >= 0.6 is 0 Å². The molecule has 0 radical (unpaired) electrons. The number of rotatable bonds is 2. The van der Waals surface area contributed by atoms with E-state index in [1.807, 2.05) is 23.9 Å². The molecule has 5 rings (SSSR count). The van der Waals surface area contributed by atoms with E-state index in [0.29, 0.717) is 11.5 Å². The molecule has 1 fully saturated rings. The molecule has 1 aliphatic heterocycles. The number of nitrogens with zero attached hydrogens (tertiary/aromatic N) is 3. The summed E-state index contributed by atoms with van der Waals surface area (Å²) in [5.41, 5.74) is 7.95. The Labute approximate surface area is 164 Å². The van der Waals surface area contributed by atoms with E-state index in [9.17, 15) is 5.26 Å². The third-order valence-electron chi connectivity index (χ3n) is 5.72. The molecule has 2 N–H and O–H groups in total. The van der Waals surface area contributed by atoms with Crippen LogP contribution in [-0.4, -0.2) is 15.8 Å². The van der Waals surface area contributed by atoms with Crippen molar-refractivity contribution in [3.05, 3.63) is 53.9 Å². The molecule has 1 atom stereocenters. The first-order valence-electron chi connectivity index (χ1n) is 9.80. The van der Waals surface area contributed by atoms with E-state index < -0.39 is 0 Å². The van der Waals surface area contributed by atoms with Crippen LogP contribution in [0.25, 0.3) is 22.0 Å². The van der Waals surface area contributed by atoms with E-state index in [-0.39, 0.29) is 6.04 Å². The number of hydrogen-bond donors (Lipinski definition) is 2. The molecule has 2 aromatic carbocycles. The van der Waals surface area contributed by atoms with Crippen LogP contribution in [0.5, 0.6) is 0 Å². The number of fused-ring (bicyclic) bond motifs is 2. The molecule has 0 bridgehead atoms. The first-order chi connectivity index (χ1) is 13.5. The zero-order chi connectivity index (χ0) is 19.4. The van der Waals surface area contributed by atoms with Crippen molar-refractivity contribution in [1.82, 2.24) is 9.78 Å². The summed E-state index contributed by atoms with van der Waals surface area (Å²) >= 11 is 0. The maximum absolute atomic E-state index is 9.59. The van der Waals surface area contributed by atoms with Crippen LogP contribution in [0.1, 0.15) is 43.4 Å². The van der Waals surface area contributed by atoms with Crippen LogP contribution < -0.4 is 10.6 Å². The van der Waals surface area contributed by atoms with Crippen LogP contribution in [0.15, 0.2) is 42.6 Å². The van der Waals surface area contributed by atoms with Gasteiger partial charge in [-0.15, -0.1) is 0 Å². The zero-order valence-corrected chi connectivity index (χ0v) is 16.2. The van der Waals surface area contributed by atoms with Gasteiger partial charge in [0.25, 0.3) is 0 Å². The van der Waals surface area contributed by atoms with Gasteiger partial charge in [0.05, 0.1) is 28.1 Å². The van der Waals surface area contributed by atoms with Gasteiger partial charge >= 0.3 is 0 Å². The monoisotopic (exact) mass is 369 g/mol. The summed E-state index contributed by atoms with van der Waals surface area (Å²) < 4.78 is 1.98. The Morgan fingerprint density at radius 2 is 2.04 bits per heavy atom. The lowest BCUT2D eigenvalue weighted by atomic mass is 9.97. The summed E-state index contributed by atoms with van der Waals surface area (Å²) in [6, 6.07) is 13.0. The fraction of sp³-hybridized carbons (Fsp3) is 0.304. The van der Waals surface area contributed by atoms with Crippen LogP contribution in [0.3, 0.4) is 0 Å². The number of nitrogens with one attached hydrogen (secondary N) is 2. The molecule has 0 amide bonds. The van der Waals surface area contributed by atoms with Gasteiger partial charge in [0.1, 0.15) is 6.07 Å². The van der Waals surface area contributed by atoms with Gasteiger partial charge in [-0.25, -0.2) is 0 Å². The standard InChI is InChI=1S/C23H23N5/c1-13-10-14(2)26-23-18(8-6-17(12-24)22(23)25-13)16-7-9-20-19(11-16)21(15-4-5-15)27-28(20)3/h6-9,11,14-15,25-26H,1,4-5,10H2,2-3H3/t14-/m1/s1. The minimum Gasteiger partial charge on any atom is -0.380 e. The summed E-state index contributed by atoms with van der Waals surface area (Å²) in [4.78, 5) is 0. The lowest BCUT2D eigenvalue weighted by Gasteiger charge is -2.18. The molecule has 3 aromatic rings. The van der Waals surface area contributed by atoms with Gasteiger partial charge in [-0.2, -0.15) is 10.4 Å². The summed E-state index contributed by atoms with van der Waals surface area (Å²) in [6.07, 6.45) is 3.27. The van der Waals surface area contributed by atoms with Gasteiger partial charge in [-0.3, -0.25) is 4.68 Å². The molecule has 1 aromatic heterocycles. The van der Waals surface area contributed by atoms with E-state index in [1.165, 1.54) is 29.4 Å². The van der Waals surface area contributed by atoms with Gasteiger partial charge in [0, 0.05) is 42.1 Å². The number of benzene rings is 2. The highest BCUT2D eigenvalue weighted by molar-refractivity contribution is 5.95. The van der Waals surface area contributed by atoms with Crippen LogP contribution in [0.2, 0.25) is 0 Å². The number of aromatic nitrogens is 2. The predicted octanol–water partition coefficient (Wildman–Crippen LogP) is 5.12. The van der Waals surface area contributed by atoms with Gasteiger partial charge < -0.3 is 10.6 Å². The van der Waals surface area contributed by atoms with Crippen LogP contribution in [0.4, 0.5) is 11.4 Å². The van der Waals surface area contributed by atoms with Gasteiger partial charge in [-0.1, -0.05) is 18.7 Å². The third kappa shape index (κ3) is 2.65. The summed E-state index contributed by atoms with van der Waals surface area (Å²) in [6.45, 7) is 6.25. The SMILES string of the molecule is C=C1C[C@@H](C)Nc2c(-c3ccc4c(c3)c(C3CC3)nn4C)ccc(C#N)c2N1. The minimum absolute atomic E-state index is 0.234. The topological polar surface area (TPSA) is 65.7 Å².